The smallest absolute Gasteiger partial charge is 0.319 e. The molecular formula is C17H27N3O3. The van der Waals surface area contributed by atoms with Crippen molar-refractivity contribution in [1.82, 2.24) is 10.2 Å². The number of morpholine rings is 1. The van der Waals surface area contributed by atoms with E-state index in [9.17, 15) is 4.79 Å². The number of carbonyl (C=O) groups is 1. The van der Waals surface area contributed by atoms with Crippen LogP contribution >= 0.6 is 0 Å². The van der Waals surface area contributed by atoms with Crippen molar-refractivity contribution in [1.29, 1.82) is 0 Å². The van der Waals surface area contributed by atoms with Crippen molar-refractivity contribution in [3.63, 3.8) is 0 Å². The predicted molar refractivity (Wildman–Crippen MR) is 91.1 cm³/mol. The highest BCUT2D eigenvalue weighted by Gasteiger charge is 2.28. The molecule has 0 saturated carbocycles. The van der Waals surface area contributed by atoms with E-state index >= 15 is 0 Å². The van der Waals surface area contributed by atoms with Crippen LogP contribution in [0.2, 0.25) is 0 Å². The van der Waals surface area contributed by atoms with E-state index < -0.39 is 0 Å². The van der Waals surface area contributed by atoms with Crippen LogP contribution in [-0.4, -0.2) is 55.9 Å². The summed E-state index contributed by atoms with van der Waals surface area (Å²) in [5.41, 5.74) is 0.566. The first kappa shape index (κ1) is 17.6. The third-order valence-electron chi connectivity index (χ3n) is 3.98. The largest absolute Gasteiger partial charge is 0.492 e. The summed E-state index contributed by atoms with van der Waals surface area (Å²) >= 11 is 0. The van der Waals surface area contributed by atoms with Gasteiger partial charge in [0.15, 0.2) is 0 Å². The van der Waals surface area contributed by atoms with Gasteiger partial charge in [0, 0.05) is 25.2 Å². The second-order valence-electron chi connectivity index (χ2n) is 6.15. The molecule has 2 rings (SSSR count). The molecule has 0 spiro atoms. The zero-order chi connectivity index (χ0) is 16.7. The Morgan fingerprint density at radius 2 is 2.00 bits per heavy atom. The molecule has 1 aromatic carbocycles. The molecule has 23 heavy (non-hydrogen) atoms. The number of rotatable bonds is 6. The summed E-state index contributed by atoms with van der Waals surface area (Å²) in [6.45, 7) is 10.6. The Hall–Kier alpha value is -1.79. The predicted octanol–water partition coefficient (Wildman–Crippen LogP) is 2.32. The normalized spacial score (nSPS) is 16.0. The molecule has 6 heteroatoms. The highest BCUT2D eigenvalue weighted by Crippen LogP contribution is 2.23. The van der Waals surface area contributed by atoms with E-state index in [0.717, 1.165) is 26.3 Å². The molecule has 2 amide bonds. The summed E-state index contributed by atoms with van der Waals surface area (Å²) in [5, 5.41) is 5.80. The van der Waals surface area contributed by atoms with E-state index in [2.05, 4.69) is 29.4 Å². The monoisotopic (exact) mass is 321 g/mol. The summed E-state index contributed by atoms with van der Waals surface area (Å²) in [4.78, 5) is 14.5. The van der Waals surface area contributed by atoms with Crippen molar-refractivity contribution >= 4 is 11.7 Å². The first-order chi connectivity index (χ1) is 11.0. The van der Waals surface area contributed by atoms with E-state index in [1.54, 1.807) is 0 Å². The van der Waals surface area contributed by atoms with E-state index in [1.807, 2.05) is 31.2 Å². The maximum absolute atomic E-state index is 12.2. The van der Waals surface area contributed by atoms with Gasteiger partial charge in [-0.15, -0.1) is 0 Å². The molecule has 0 radical (unpaired) electrons. The number of hydrogen-bond acceptors (Lipinski definition) is 4. The number of hydrogen-bond donors (Lipinski definition) is 2. The zero-order valence-corrected chi connectivity index (χ0v) is 14.2. The van der Waals surface area contributed by atoms with Crippen LogP contribution in [-0.2, 0) is 4.74 Å². The van der Waals surface area contributed by atoms with Crippen LogP contribution in [0.1, 0.15) is 20.8 Å². The maximum Gasteiger partial charge on any atom is 0.319 e. The summed E-state index contributed by atoms with van der Waals surface area (Å²) in [6, 6.07) is 7.21. The number of carbonyl (C=O) groups excluding carboxylic acids is 1. The Labute approximate surface area is 138 Å². The first-order valence-corrected chi connectivity index (χ1v) is 8.12. The Bertz CT molecular complexity index is 514. The Balaban J connectivity index is 1.87. The van der Waals surface area contributed by atoms with Gasteiger partial charge >= 0.3 is 6.03 Å². The lowest BCUT2D eigenvalue weighted by molar-refractivity contribution is -0.00863. The second kappa shape index (κ2) is 8.17. The first-order valence-electron chi connectivity index (χ1n) is 8.12. The molecular weight excluding hydrogens is 294 g/mol. The van der Waals surface area contributed by atoms with Crippen molar-refractivity contribution in [2.75, 3.05) is 44.8 Å². The zero-order valence-electron chi connectivity index (χ0n) is 14.2. The average Bonchev–Trinajstić information content (AvgIpc) is 2.56. The molecule has 1 saturated heterocycles. The second-order valence-corrected chi connectivity index (χ2v) is 6.15. The van der Waals surface area contributed by atoms with Crippen LogP contribution in [0.15, 0.2) is 24.3 Å². The van der Waals surface area contributed by atoms with E-state index in [1.165, 1.54) is 0 Å². The molecule has 0 atom stereocenters. The van der Waals surface area contributed by atoms with Crippen molar-refractivity contribution in [3.8, 4) is 5.75 Å². The third-order valence-corrected chi connectivity index (χ3v) is 3.98. The molecule has 1 fully saturated rings. The van der Waals surface area contributed by atoms with Crippen LogP contribution in [0.3, 0.4) is 0 Å². The molecule has 128 valence electrons. The molecule has 1 aromatic rings. The standard InChI is InChI=1S/C17H27N3O3/c1-4-23-15-8-6-5-7-14(15)19-16(21)18-13-17(2,3)20-9-11-22-12-10-20/h5-8H,4,9-13H2,1-3H3,(H2,18,19,21). The van der Waals surface area contributed by atoms with Gasteiger partial charge < -0.3 is 20.1 Å². The van der Waals surface area contributed by atoms with Gasteiger partial charge in [-0.2, -0.15) is 0 Å². The van der Waals surface area contributed by atoms with Crippen LogP contribution in [0.25, 0.3) is 0 Å². The van der Waals surface area contributed by atoms with E-state index in [0.29, 0.717) is 24.6 Å². The van der Waals surface area contributed by atoms with Crippen molar-refractivity contribution in [3.05, 3.63) is 24.3 Å². The highest BCUT2D eigenvalue weighted by atomic mass is 16.5. The molecule has 2 N–H and O–H groups in total. The minimum atomic E-state index is -0.224. The molecule has 1 aliphatic heterocycles. The number of nitrogens with one attached hydrogen (secondary N) is 2. The Morgan fingerprint density at radius 3 is 2.70 bits per heavy atom. The van der Waals surface area contributed by atoms with Gasteiger partial charge in [0.2, 0.25) is 0 Å². The molecule has 0 aromatic heterocycles. The summed E-state index contributed by atoms with van der Waals surface area (Å²) in [6.07, 6.45) is 0. The van der Waals surface area contributed by atoms with E-state index in [-0.39, 0.29) is 11.6 Å². The summed E-state index contributed by atoms with van der Waals surface area (Å²) in [7, 11) is 0. The summed E-state index contributed by atoms with van der Waals surface area (Å²) < 4.78 is 10.9. The number of nitrogens with zero attached hydrogens (tertiary/aromatic N) is 1. The fraction of sp³-hybridized carbons (Fsp3) is 0.588. The maximum atomic E-state index is 12.2. The number of amides is 2. The molecule has 0 unspecified atom stereocenters. The molecule has 1 aliphatic rings. The van der Waals surface area contributed by atoms with Crippen molar-refractivity contribution in [2.45, 2.75) is 26.3 Å². The molecule has 0 aliphatic carbocycles. The fourth-order valence-electron chi connectivity index (χ4n) is 2.59. The minimum Gasteiger partial charge on any atom is -0.492 e. The van der Waals surface area contributed by atoms with Gasteiger partial charge in [0.1, 0.15) is 5.75 Å². The lowest BCUT2D eigenvalue weighted by Crippen LogP contribution is -2.55. The van der Waals surface area contributed by atoms with Crippen molar-refractivity contribution < 1.29 is 14.3 Å². The number of urea groups is 1. The van der Waals surface area contributed by atoms with Crippen LogP contribution in [0.5, 0.6) is 5.75 Å². The number of anilines is 1. The quantitative estimate of drug-likeness (QED) is 0.844. The van der Waals surface area contributed by atoms with Gasteiger partial charge in [0.05, 0.1) is 25.5 Å². The van der Waals surface area contributed by atoms with Crippen LogP contribution < -0.4 is 15.4 Å². The topological polar surface area (TPSA) is 62.8 Å². The van der Waals surface area contributed by atoms with Gasteiger partial charge in [0.25, 0.3) is 0 Å². The van der Waals surface area contributed by atoms with Gasteiger partial charge in [-0.25, -0.2) is 4.79 Å². The van der Waals surface area contributed by atoms with Crippen molar-refractivity contribution in [2.24, 2.45) is 0 Å². The number of ether oxygens (including phenoxy) is 2. The van der Waals surface area contributed by atoms with Gasteiger partial charge in [-0.1, -0.05) is 12.1 Å². The Kier molecular flexibility index (Phi) is 6.24. The summed E-state index contributed by atoms with van der Waals surface area (Å²) in [5.74, 6) is 0.678. The number of benzene rings is 1. The van der Waals surface area contributed by atoms with Gasteiger partial charge in [-0.3, -0.25) is 4.90 Å². The molecule has 1 heterocycles. The highest BCUT2D eigenvalue weighted by molar-refractivity contribution is 5.90. The fourth-order valence-corrected chi connectivity index (χ4v) is 2.59. The lowest BCUT2D eigenvalue weighted by Gasteiger charge is -2.40. The minimum absolute atomic E-state index is 0.111. The Morgan fingerprint density at radius 1 is 1.30 bits per heavy atom. The van der Waals surface area contributed by atoms with Crippen LogP contribution in [0, 0.1) is 0 Å². The van der Waals surface area contributed by atoms with Crippen LogP contribution in [0.4, 0.5) is 10.5 Å². The molecule has 6 nitrogen and oxygen atoms in total. The average molecular weight is 321 g/mol. The third kappa shape index (κ3) is 5.11. The molecule has 0 bridgehead atoms. The van der Waals surface area contributed by atoms with Gasteiger partial charge in [-0.05, 0) is 32.9 Å². The van der Waals surface area contributed by atoms with E-state index in [4.69, 9.17) is 9.47 Å². The SMILES string of the molecule is CCOc1ccccc1NC(=O)NCC(C)(C)N1CCOCC1. The number of para-hydroxylation sites is 2. The lowest BCUT2D eigenvalue weighted by atomic mass is 10.0.